The van der Waals surface area contributed by atoms with Crippen LogP contribution in [-0.2, 0) is 4.74 Å². The Balaban J connectivity index is 2.14. The predicted octanol–water partition coefficient (Wildman–Crippen LogP) is 3.36. The van der Waals surface area contributed by atoms with Crippen molar-refractivity contribution < 1.29 is 4.74 Å². The summed E-state index contributed by atoms with van der Waals surface area (Å²) in [5, 5.41) is 3.69. The van der Waals surface area contributed by atoms with E-state index in [2.05, 4.69) is 33.0 Å². The molecule has 1 aliphatic heterocycles. The van der Waals surface area contributed by atoms with Gasteiger partial charge in [0.1, 0.15) is 0 Å². The minimum atomic E-state index is 0.512. The van der Waals surface area contributed by atoms with Gasteiger partial charge < -0.3 is 10.1 Å². The van der Waals surface area contributed by atoms with Crippen molar-refractivity contribution in [3.8, 4) is 0 Å². The fourth-order valence-corrected chi connectivity index (χ4v) is 2.62. The second-order valence-corrected chi connectivity index (χ2v) is 5.59. The van der Waals surface area contributed by atoms with Crippen molar-refractivity contribution >= 4 is 0 Å². The summed E-state index contributed by atoms with van der Waals surface area (Å²) in [6.45, 7) is 10.2. The summed E-state index contributed by atoms with van der Waals surface area (Å²) in [4.78, 5) is 0. The van der Waals surface area contributed by atoms with Crippen LogP contribution in [0.3, 0.4) is 0 Å². The molecule has 4 atom stereocenters. The lowest BCUT2D eigenvalue weighted by Crippen LogP contribution is -2.37. The maximum absolute atomic E-state index is 5.67. The summed E-state index contributed by atoms with van der Waals surface area (Å²) in [5.41, 5.74) is 0. The van der Waals surface area contributed by atoms with Crippen LogP contribution in [0.5, 0.6) is 0 Å². The Kier molecular flexibility index (Phi) is 6.37. The molecule has 0 bridgehead atoms. The first-order chi connectivity index (χ1) is 7.61. The van der Waals surface area contributed by atoms with Crippen LogP contribution in [0.2, 0.25) is 0 Å². The zero-order valence-corrected chi connectivity index (χ0v) is 11.5. The van der Waals surface area contributed by atoms with E-state index in [0.717, 1.165) is 12.5 Å². The molecule has 1 aliphatic rings. The molecular weight excluding hydrogens is 198 g/mol. The monoisotopic (exact) mass is 227 g/mol. The molecule has 2 nitrogen and oxygen atoms in total. The molecule has 0 aromatic rings. The van der Waals surface area contributed by atoms with Crippen molar-refractivity contribution in [3.05, 3.63) is 0 Å². The molecule has 0 amide bonds. The van der Waals surface area contributed by atoms with Gasteiger partial charge in [0.05, 0.1) is 6.10 Å². The summed E-state index contributed by atoms with van der Waals surface area (Å²) in [5.74, 6) is 0.831. The van der Waals surface area contributed by atoms with Crippen LogP contribution in [-0.4, -0.2) is 24.8 Å². The Morgan fingerprint density at radius 3 is 2.56 bits per heavy atom. The van der Waals surface area contributed by atoms with Crippen molar-refractivity contribution in [2.75, 3.05) is 6.61 Å². The summed E-state index contributed by atoms with van der Waals surface area (Å²) < 4.78 is 5.67. The molecule has 1 fully saturated rings. The standard InChI is InChI=1S/C14H29NO/c1-5-11(2)9-12(3)15-13(4)10-14-7-6-8-16-14/h11-15H,5-10H2,1-4H3. The molecule has 0 spiro atoms. The molecule has 16 heavy (non-hydrogen) atoms. The van der Waals surface area contributed by atoms with Crippen LogP contribution in [0.25, 0.3) is 0 Å². The second kappa shape index (κ2) is 7.29. The van der Waals surface area contributed by atoms with Crippen LogP contribution >= 0.6 is 0 Å². The Labute approximate surface area is 101 Å². The van der Waals surface area contributed by atoms with Crippen LogP contribution in [0.1, 0.15) is 59.8 Å². The number of hydrogen-bond donors (Lipinski definition) is 1. The molecule has 2 heteroatoms. The minimum Gasteiger partial charge on any atom is -0.378 e. The van der Waals surface area contributed by atoms with Crippen LogP contribution in [0.4, 0.5) is 0 Å². The third-order valence-corrected chi connectivity index (χ3v) is 3.66. The molecule has 96 valence electrons. The number of nitrogens with one attached hydrogen (secondary N) is 1. The van der Waals surface area contributed by atoms with Gasteiger partial charge in [-0.3, -0.25) is 0 Å². The highest BCUT2D eigenvalue weighted by Gasteiger charge is 2.19. The van der Waals surface area contributed by atoms with E-state index in [0.29, 0.717) is 18.2 Å². The van der Waals surface area contributed by atoms with E-state index in [-0.39, 0.29) is 0 Å². The fraction of sp³-hybridized carbons (Fsp3) is 1.00. The Morgan fingerprint density at radius 2 is 2.00 bits per heavy atom. The van der Waals surface area contributed by atoms with E-state index in [1.807, 2.05) is 0 Å². The zero-order valence-electron chi connectivity index (χ0n) is 11.5. The summed E-state index contributed by atoms with van der Waals surface area (Å²) in [6.07, 6.45) is 6.76. The molecular formula is C14H29NO. The van der Waals surface area contributed by atoms with E-state index in [1.165, 1.54) is 32.1 Å². The molecule has 1 N–H and O–H groups in total. The lowest BCUT2D eigenvalue weighted by atomic mass is 9.99. The average Bonchev–Trinajstić information content (AvgIpc) is 2.69. The molecule has 0 saturated carbocycles. The quantitative estimate of drug-likeness (QED) is 0.720. The zero-order chi connectivity index (χ0) is 12.0. The van der Waals surface area contributed by atoms with Crippen molar-refractivity contribution in [1.82, 2.24) is 5.32 Å². The van der Waals surface area contributed by atoms with Crippen molar-refractivity contribution in [1.29, 1.82) is 0 Å². The van der Waals surface area contributed by atoms with E-state index in [9.17, 15) is 0 Å². The number of ether oxygens (including phenoxy) is 1. The molecule has 0 aromatic heterocycles. The molecule has 0 aromatic carbocycles. The van der Waals surface area contributed by atoms with Crippen LogP contribution < -0.4 is 5.32 Å². The highest BCUT2D eigenvalue weighted by atomic mass is 16.5. The van der Waals surface area contributed by atoms with E-state index >= 15 is 0 Å². The Morgan fingerprint density at radius 1 is 1.25 bits per heavy atom. The highest BCUT2D eigenvalue weighted by molar-refractivity contribution is 4.75. The maximum atomic E-state index is 5.67. The molecule has 4 unspecified atom stereocenters. The first-order valence-corrected chi connectivity index (χ1v) is 6.99. The summed E-state index contributed by atoms with van der Waals surface area (Å²) in [7, 11) is 0. The highest BCUT2D eigenvalue weighted by Crippen LogP contribution is 2.17. The summed E-state index contributed by atoms with van der Waals surface area (Å²) in [6, 6.07) is 1.22. The number of rotatable bonds is 7. The van der Waals surface area contributed by atoms with Gasteiger partial charge >= 0.3 is 0 Å². The van der Waals surface area contributed by atoms with Gasteiger partial charge in [-0.2, -0.15) is 0 Å². The van der Waals surface area contributed by atoms with Crippen LogP contribution in [0.15, 0.2) is 0 Å². The first-order valence-electron chi connectivity index (χ1n) is 6.99. The number of hydrogen-bond acceptors (Lipinski definition) is 2. The fourth-order valence-electron chi connectivity index (χ4n) is 2.62. The first kappa shape index (κ1) is 14.0. The largest absolute Gasteiger partial charge is 0.378 e. The van der Waals surface area contributed by atoms with Gasteiger partial charge in [-0.1, -0.05) is 20.3 Å². The second-order valence-electron chi connectivity index (χ2n) is 5.59. The normalized spacial score (nSPS) is 26.6. The van der Waals surface area contributed by atoms with Gasteiger partial charge in [0.15, 0.2) is 0 Å². The third kappa shape index (κ3) is 5.31. The Hall–Kier alpha value is -0.0800. The average molecular weight is 227 g/mol. The minimum absolute atomic E-state index is 0.512. The van der Waals surface area contributed by atoms with Crippen molar-refractivity contribution in [3.63, 3.8) is 0 Å². The van der Waals surface area contributed by atoms with Gasteiger partial charge in [0, 0.05) is 18.7 Å². The van der Waals surface area contributed by atoms with Crippen molar-refractivity contribution in [2.45, 2.75) is 78.0 Å². The van der Waals surface area contributed by atoms with Gasteiger partial charge in [-0.15, -0.1) is 0 Å². The molecule has 0 radical (unpaired) electrons. The van der Waals surface area contributed by atoms with Gasteiger partial charge in [-0.25, -0.2) is 0 Å². The maximum Gasteiger partial charge on any atom is 0.0590 e. The predicted molar refractivity (Wildman–Crippen MR) is 69.7 cm³/mol. The third-order valence-electron chi connectivity index (χ3n) is 3.66. The van der Waals surface area contributed by atoms with Gasteiger partial charge in [-0.05, 0) is 45.4 Å². The molecule has 0 aliphatic carbocycles. The van der Waals surface area contributed by atoms with E-state index < -0.39 is 0 Å². The SMILES string of the molecule is CCC(C)CC(C)NC(C)CC1CCCO1. The Bertz CT molecular complexity index is 178. The van der Waals surface area contributed by atoms with Crippen molar-refractivity contribution in [2.24, 2.45) is 5.92 Å². The van der Waals surface area contributed by atoms with Gasteiger partial charge in [0.2, 0.25) is 0 Å². The lowest BCUT2D eigenvalue weighted by Gasteiger charge is -2.24. The molecule has 1 saturated heterocycles. The van der Waals surface area contributed by atoms with Crippen LogP contribution in [0, 0.1) is 5.92 Å². The topological polar surface area (TPSA) is 21.3 Å². The molecule has 1 rings (SSSR count). The molecule has 1 heterocycles. The van der Waals surface area contributed by atoms with E-state index in [1.54, 1.807) is 0 Å². The summed E-state index contributed by atoms with van der Waals surface area (Å²) >= 11 is 0. The lowest BCUT2D eigenvalue weighted by molar-refractivity contribution is 0.0948. The van der Waals surface area contributed by atoms with E-state index in [4.69, 9.17) is 4.74 Å². The smallest absolute Gasteiger partial charge is 0.0590 e. The van der Waals surface area contributed by atoms with Gasteiger partial charge in [0.25, 0.3) is 0 Å².